The van der Waals surface area contributed by atoms with E-state index in [4.69, 9.17) is 5.26 Å². The highest BCUT2D eigenvalue weighted by Gasteiger charge is 2.41. The van der Waals surface area contributed by atoms with Gasteiger partial charge in [-0.2, -0.15) is 9.57 Å². The normalized spacial score (nSPS) is 21.5. The average molecular weight is 346 g/mol. The third-order valence-corrected chi connectivity index (χ3v) is 6.02. The molecule has 2 atom stereocenters. The maximum atomic E-state index is 13.1. The number of aliphatic hydroxyl groups excluding tert-OH is 1. The first-order chi connectivity index (χ1) is 11.4. The van der Waals surface area contributed by atoms with Gasteiger partial charge in [-0.05, 0) is 36.2 Å². The van der Waals surface area contributed by atoms with Crippen LogP contribution in [0.15, 0.2) is 53.4 Å². The molecule has 5 nitrogen and oxygen atoms in total. The highest BCUT2D eigenvalue weighted by molar-refractivity contribution is 7.89. The highest BCUT2D eigenvalue weighted by Crippen LogP contribution is 2.37. The number of sulfonamides is 1. The second kappa shape index (κ2) is 6.32. The van der Waals surface area contributed by atoms with E-state index >= 15 is 0 Å². The van der Waals surface area contributed by atoms with Crippen LogP contribution < -0.4 is 0 Å². The van der Waals surface area contributed by atoms with E-state index in [2.05, 4.69) is 0 Å². The first kappa shape index (κ1) is 16.6. The first-order valence-electron chi connectivity index (χ1n) is 7.38. The number of nitriles is 1. The molecule has 0 unspecified atom stereocenters. The van der Waals surface area contributed by atoms with E-state index in [1.807, 2.05) is 6.07 Å². The number of hydrogen-bond donors (Lipinski definition) is 1. The van der Waals surface area contributed by atoms with Gasteiger partial charge in [0.1, 0.15) is 11.9 Å². The molecule has 0 bridgehead atoms. The van der Waals surface area contributed by atoms with Crippen molar-refractivity contribution in [3.63, 3.8) is 0 Å². The van der Waals surface area contributed by atoms with Gasteiger partial charge in [0.25, 0.3) is 0 Å². The van der Waals surface area contributed by atoms with Crippen molar-refractivity contribution in [1.82, 2.24) is 4.31 Å². The van der Waals surface area contributed by atoms with Crippen LogP contribution in [0.1, 0.15) is 23.6 Å². The minimum atomic E-state index is -3.96. The standard InChI is InChI=1S/C17H15FN2O3S/c18-14-7-5-12(6-8-14)16-9-15(21)11-20(16)24(22,23)17-4-2-1-3-13(17)10-19/h1-8,15-16,21H,9,11H2/t15-,16-/m1/s1. The average Bonchev–Trinajstić information content (AvgIpc) is 2.98. The molecule has 1 aliphatic heterocycles. The fraction of sp³-hybridized carbons (Fsp3) is 0.235. The summed E-state index contributed by atoms with van der Waals surface area (Å²) in [5.41, 5.74) is 0.655. The summed E-state index contributed by atoms with van der Waals surface area (Å²) in [5, 5.41) is 19.1. The molecule has 1 fully saturated rings. The van der Waals surface area contributed by atoms with Crippen LogP contribution in [0.4, 0.5) is 4.39 Å². The van der Waals surface area contributed by atoms with Crippen LogP contribution in [-0.2, 0) is 10.0 Å². The highest BCUT2D eigenvalue weighted by atomic mass is 32.2. The minimum absolute atomic E-state index is 0.0525. The van der Waals surface area contributed by atoms with Crippen molar-refractivity contribution in [3.05, 3.63) is 65.5 Å². The summed E-state index contributed by atoms with van der Waals surface area (Å²) in [4.78, 5) is -0.0892. The first-order valence-corrected chi connectivity index (χ1v) is 8.82. The van der Waals surface area contributed by atoms with Gasteiger partial charge < -0.3 is 5.11 Å². The molecule has 0 spiro atoms. The molecule has 1 saturated heterocycles. The van der Waals surface area contributed by atoms with E-state index in [0.717, 1.165) is 0 Å². The Hall–Kier alpha value is -2.27. The van der Waals surface area contributed by atoms with Gasteiger partial charge in [0, 0.05) is 6.54 Å². The zero-order valence-corrected chi connectivity index (χ0v) is 13.4. The monoisotopic (exact) mass is 346 g/mol. The molecule has 0 aliphatic carbocycles. The van der Waals surface area contributed by atoms with Crippen molar-refractivity contribution < 1.29 is 17.9 Å². The van der Waals surface area contributed by atoms with Crippen molar-refractivity contribution in [1.29, 1.82) is 5.26 Å². The molecule has 0 amide bonds. The molecular weight excluding hydrogens is 331 g/mol. The van der Waals surface area contributed by atoms with E-state index in [-0.39, 0.29) is 23.4 Å². The van der Waals surface area contributed by atoms with Crippen molar-refractivity contribution >= 4 is 10.0 Å². The summed E-state index contributed by atoms with van der Waals surface area (Å²) in [7, 11) is -3.96. The van der Waals surface area contributed by atoms with Gasteiger partial charge in [0.05, 0.1) is 22.6 Å². The largest absolute Gasteiger partial charge is 0.392 e. The van der Waals surface area contributed by atoms with Crippen LogP contribution in [0.25, 0.3) is 0 Å². The molecule has 124 valence electrons. The summed E-state index contributed by atoms with van der Waals surface area (Å²) in [6.45, 7) is -0.0653. The molecule has 7 heteroatoms. The Bertz CT molecular complexity index is 891. The third-order valence-electron chi connectivity index (χ3n) is 4.08. The quantitative estimate of drug-likeness (QED) is 0.924. The van der Waals surface area contributed by atoms with Crippen molar-refractivity contribution in [2.75, 3.05) is 6.54 Å². The van der Waals surface area contributed by atoms with Gasteiger partial charge >= 0.3 is 0 Å². The summed E-state index contributed by atoms with van der Waals surface area (Å²) < 4.78 is 40.3. The fourth-order valence-electron chi connectivity index (χ4n) is 2.95. The SMILES string of the molecule is N#Cc1ccccc1S(=O)(=O)N1C[C@H](O)C[C@@H]1c1ccc(F)cc1. The van der Waals surface area contributed by atoms with Gasteiger partial charge in [-0.1, -0.05) is 24.3 Å². The van der Waals surface area contributed by atoms with Gasteiger partial charge in [-0.15, -0.1) is 0 Å². The number of aliphatic hydroxyl groups is 1. The Balaban J connectivity index is 2.05. The molecule has 24 heavy (non-hydrogen) atoms. The zero-order chi connectivity index (χ0) is 17.3. The van der Waals surface area contributed by atoms with Gasteiger partial charge in [0.2, 0.25) is 10.0 Å². The van der Waals surface area contributed by atoms with E-state index < -0.39 is 28.0 Å². The number of nitrogens with zero attached hydrogens (tertiary/aromatic N) is 2. The van der Waals surface area contributed by atoms with Crippen LogP contribution >= 0.6 is 0 Å². The molecule has 2 aromatic rings. The minimum Gasteiger partial charge on any atom is -0.392 e. The third kappa shape index (κ3) is 2.91. The molecule has 1 heterocycles. The topological polar surface area (TPSA) is 81.4 Å². The summed E-state index contributed by atoms with van der Waals surface area (Å²) in [6, 6.07) is 12.8. The van der Waals surface area contributed by atoms with Crippen molar-refractivity contribution in [2.24, 2.45) is 0 Å². The van der Waals surface area contributed by atoms with E-state index in [1.54, 1.807) is 12.1 Å². The summed E-state index contributed by atoms with van der Waals surface area (Å²) in [5.74, 6) is -0.415. The maximum Gasteiger partial charge on any atom is 0.245 e. The smallest absolute Gasteiger partial charge is 0.245 e. The van der Waals surface area contributed by atoms with Crippen molar-refractivity contribution in [2.45, 2.75) is 23.5 Å². The molecule has 2 aromatic carbocycles. The predicted octanol–water partition coefficient (Wildman–Crippen LogP) is 2.19. The van der Waals surface area contributed by atoms with E-state index in [9.17, 15) is 17.9 Å². The van der Waals surface area contributed by atoms with Gasteiger partial charge in [-0.25, -0.2) is 12.8 Å². The Labute approximate surface area is 139 Å². The zero-order valence-electron chi connectivity index (χ0n) is 12.6. The molecule has 1 aliphatic rings. The molecule has 0 saturated carbocycles. The Morgan fingerprint density at radius 1 is 1.17 bits per heavy atom. The van der Waals surface area contributed by atoms with Crippen LogP contribution in [0.3, 0.4) is 0 Å². The lowest BCUT2D eigenvalue weighted by Crippen LogP contribution is -2.32. The van der Waals surface area contributed by atoms with Crippen LogP contribution in [0.5, 0.6) is 0 Å². The molecule has 1 N–H and O–H groups in total. The molecule has 3 rings (SSSR count). The van der Waals surface area contributed by atoms with Gasteiger partial charge in [-0.3, -0.25) is 0 Å². The lowest BCUT2D eigenvalue weighted by Gasteiger charge is -2.24. The van der Waals surface area contributed by atoms with Gasteiger partial charge in [0.15, 0.2) is 0 Å². The number of halogens is 1. The number of β-amino-alcohol motifs (C(OH)–C–C–N with tert-alkyl or cyclic N) is 1. The molecule has 0 radical (unpaired) electrons. The molecular formula is C17H15FN2O3S. The maximum absolute atomic E-state index is 13.1. The Morgan fingerprint density at radius 2 is 1.83 bits per heavy atom. The lowest BCUT2D eigenvalue weighted by molar-refractivity contribution is 0.188. The van der Waals surface area contributed by atoms with Crippen LogP contribution in [0, 0.1) is 17.1 Å². The predicted molar refractivity (Wildman–Crippen MR) is 84.8 cm³/mol. The van der Waals surface area contributed by atoms with E-state index in [1.165, 1.54) is 40.7 Å². The fourth-order valence-corrected chi connectivity index (χ4v) is 4.75. The van der Waals surface area contributed by atoms with Crippen LogP contribution in [-0.4, -0.2) is 30.5 Å². The lowest BCUT2D eigenvalue weighted by atomic mass is 10.0. The second-order valence-corrected chi connectivity index (χ2v) is 7.50. The number of benzene rings is 2. The summed E-state index contributed by atoms with van der Waals surface area (Å²) >= 11 is 0. The molecule has 0 aromatic heterocycles. The number of hydrogen-bond acceptors (Lipinski definition) is 4. The summed E-state index contributed by atoms with van der Waals surface area (Å²) in [6.07, 6.45) is -0.594. The van der Waals surface area contributed by atoms with Crippen molar-refractivity contribution in [3.8, 4) is 6.07 Å². The van der Waals surface area contributed by atoms with Crippen LogP contribution in [0.2, 0.25) is 0 Å². The second-order valence-electron chi connectivity index (χ2n) is 5.64. The Kier molecular flexibility index (Phi) is 4.37. The Morgan fingerprint density at radius 3 is 2.50 bits per heavy atom. The van der Waals surface area contributed by atoms with E-state index in [0.29, 0.717) is 5.56 Å². The number of rotatable bonds is 3.